The molecular formula is C16H24BrNO3S. The van der Waals surface area contributed by atoms with Gasteiger partial charge in [0.2, 0.25) is 10.0 Å². The van der Waals surface area contributed by atoms with Crippen molar-refractivity contribution in [1.82, 2.24) is 4.31 Å². The topological polar surface area (TPSA) is 46.6 Å². The summed E-state index contributed by atoms with van der Waals surface area (Å²) in [5, 5.41) is 0. The molecule has 1 heterocycles. The van der Waals surface area contributed by atoms with Gasteiger partial charge in [0, 0.05) is 19.2 Å². The molecular weight excluding hydrogens is 366 g/mol. The van der Waals surface area contributed by atoms with Crippen LogP contribution in [0, 0.1) is 11.8 Å². The average Bonchev–Trinajstić information content (AvgIpc) is 2.45. The molecule has 1 saturated heterocycles. The summed E-state index contributed by atoms with van der Waals surface area (Å²) in [4.78, 5) is 0.308. The maximum atomic E-state index is 12.9. The van der Waals surface area contributed by atoms with Gasteiger partial charge in [0.05, 0.1) is 16.0 Å². The van der Waals surface area contributed by atoms with Crippen LogP contribution in [0.1, 0.15) is 33.6 Å². The van der Waals surface area contributed by atoms with Gasteiger partial charge < -0.3 is 4.74 Å². The van der Waals surface area contributed by atoms with E-state index in [1.807, 2.05) is 6.92 Å². The molecule has 124 valence electrons. The number of ether oxygens (including phenoxy) is 1. The monoisotopic (exact) mass is 389 g/mol. The zero-order valence-corrected chi connectivity index (χ0v) is 15.8. The molecule has 0 aliphatic carbocycles. The van der Waals surface area contributed by atoms with Crippen molar-refractivity contribution in [3.63, 3.8) is 0 Å². The first-order valence-electron chi connectivity index (χ1n) is 7.77. The van der Waals surface area contributed by atoms with Gasteiger partial charge in [-0.05, 0) is 52.7 Å². The molecule has 0 radical (unpaired) electrons. The lowest BCUT2D eigenvalue weighted by Crippen LogP contribution is -2.42. The summed E-state index contributed by atoms with van der Waals surface area (Å²) in [5.41, 5.74) is 0. The number of benzene rings is 1. The number of piperidine rings is 1. The highest BCUT2D eigenvalue weighted by molar-refractivity contribution is 9.10. The summed E-state index contributed by atoms with van der Waals surface area (Å²) in [6.07, 6.45) is 1.96. The highest BCUT2D eigenvalue weighted by atomic mass is 79.9. The van der Waals surface area contributed by atoms with Crippen molar-refractivity contribution < 1.29 is 13.2 Å². The fourth-order valence-electron chi connectivity index (χ4n) is 2.92. The van der Waals surface area contributed by atoms with Crippen LogP contribution in [-0.2, 0) is 10.0 Å². The molecule has 1 aromatic carbocycles. The van der Waals surface area contributed by atoms with Crippen LogP contribution in [0.2, 0.25) is 0 Å². The molecule has 1 aliphatic rings. The molecule has 0 saturated carbocycles. The quantitative estimate of drug-likeness (QED) is 0.766. The Morgan fingerprint density at radius 2 is 1.91 bits per heavy atom. The Labute approximate surface area is 142 Å². The molecule has 22 heavy (non-hydrogen) atoms. The Balaban J connectivity index is 2.29. The molecule has 0 N–H and O–H groups in total. The fraction of sp³-hybridized carbons (Fsp3) is 0.625. The van der Waals surface area contributed by atoms with E-state index >= 15 is 0 Å². The van der Waals surface area contributed by atoms with Gasteiger partial charge in [0.25, 0.3) is 0 Å². The highest BCUT2D eigenvalue weighted by Gasteiger charge is 2.32. The average molecular weight is 390 g/mol. The lowest BCUT2D eigenvalue weighted by molar-refractivity contribution is 0.222. The van der Waals surface area contributed by atoms with Crippen LogP contribution < -0.4 is 4.74 Å². The predicted octanol–water partition coefficient (Wildman–Crippen LogP) is 3.90. The first-order chi connectivity index (χ1) is 10.3. The van der Waals surface area contributed by atoms with Gasteiger partial charge in [-0.2, -0.15) is 4.31 Å². The second kappa shape index (κ2) is 7.32. The minimum Gasteiger partial charge on any atom is -0.492 e. The maximum absolute atomic E-state index is 12.9. The summed E-state index contributed by atoms with van der Waals surface area (Å²) in [7, 11) is -3.46. The first kappa shape index (κ1) is 17.8. The molecule has 4 nitrogen and oxygen atoms in total. The van der Waals surface area contributed by atoms with E-state index in [9.17, 15) is 8.42 Å². The Bertz CT molecular complexity index is 608. The SMILES string of the molecule is CCCOc1cc(S(=O)(=O)N2C[C@H](C)C[C@H](C)C2)ccc1Br. The van der Waals surface area contributed by atoms with Gasteiger partial charge in [0.15, 0.2) is 0 Å². The molecule has 1 aromatic rings. The number of rotatable bonds is 5. The summed E-state index contributed by atoms with van der Waals surface area (Å²) < 4.78 is 33.8. The molecule has 1 fully saturated rings. The molecule has 6 heteroatoms. The van der Waals surface area contributed by atoms with E-state index in [1.54, 1.807) is 22.5 Å². The second-order valence-electron chi connectivity index (χ2n) is 6.21. The van der Waals surface area contributed by atoms with E-state index in [1.165, 1.54) is 0 Å². The molecule has 0 unspecified atom stereocenters. The van der Waals surface area contributed by atoms with E-state index in [-0.39, 0.29) is 0 Å². The van der Waals surface area contributed by atoms with E-state index in [2.05, 4.69) is 29.8 Å². The molecule has 1 aliphatic heterocycles. The molecule has 2 rings (SSSR count). The van der Waals surface area contributed by atoms with Crippen molar-refractivity contribution >= 4 is 26.0 Å². The third kappa shape index (κ3) is 4.03. The van der Waals surface area contributed by atoms with Crippen LogP contribution in [0.15, 0.2) is 27.6 Å². The lowest BCUT2D eigenvalue weighted by atomic mass is 9.94. The molecule has 0 bridgehead atoms. The summed E-state index contributed by atoms with van der Waals surface area (Å²) in [5.74, 6) is 1.37. The van der Waals surface area contributed by atoms with Gasteiger partial charge in [0.1, 0.15) is 5.75 Å². The maximum Gasteiger partial charge on any atom is 0.243 e. The Morgan fingerprint density at radius 1 is 1.27 bits per heavy atom. The van der Waals surface area contributed by atoms with Crippen molar-refractivity contribution in [2.75, 3.05) is 19.7 Å². The first-order valence-corrected chi connectivity index (χ1v) is 10.0. The van der Waals surface area contributed by atoms with E-state index in [4.69, 9.17) is 4.74 Å². The van der Waals surface area contributed by atoms with Gasteiger partial charge in [-0.25, -0.2) is 8.42 Å². The van der Waals surface area contributed by atoms with Crippen LogP contribution in [-0.4, -0.2) is 32.4 Å². The van der Waals surface area contributed by atoms with Crippen molar-refractivity contribution in [2.45, 2.75) is 38.5 Å². The number of hydrogen-bond donors (Lipinski definition) is 0. The highest BCUT2D eigenvalue weighted by Crippen LogP contribution is 2.31. The third-order valence-electron chi connectivity index (χ3n) is 3.84. The lowest BCUT2D eigenvalue weighted by Gasteiger charge is -2.34. The standard InChI is InChI=1S/C16H24BrNO3S/c1-4-7-21-16-9-14(5-6-15(16)17)22(19,20)18-10-12(2)8-13(3)11-18/h5-6,9,12-13H,4,7-8,10-11H2,1-3H3/t12-,13+. The fourth-order valence-corrected chi connectivity index (χ4v) is 4.97. The number of hydrogen-bond acceptors (Lipinski definition) is 3. The van der Waals surface area contributed by atoms with Crippen molar-refractivity contribution in [1.29, 1.82) is 0 Å². The Kier molecular flexibility index (Phi) is 5.91. The Hall–Kier alpha value is -0.590. The Morgan fingerprint density at radius 3 is 2.50 bits per heavy atom. The van der Waals surface area contributed by atoms with Crippen LogP contribution in [0.3, 0.4) is 0 Å². The van der Waals surface area contributed by atoms with Crippen LogP contribution in [0.5, 0.6) is 5.75 Å². The summed E-state index contributed by atoms with van der Waals surface area (Å²) in [6, 6.07) is 5.01. The van der Waals surface area contributed by atoms with Gasteiger partial charge in [-0.3, -0.25) is 0 Å². The normalized spacial score (nSPS) is 23.5. The third-order valence-corrected chi connectivity index (χ3v) is 6.32. The van der Waals surface area contributed by atoms with E-state index in [0.29, 0.717) is 42.2 Å². The van der Waals surface area contributed by atoms with Gasteiger partial charge in [-0.15, -0.1) is 0 Å². The van der Waals surface area contributed by atoms with Crippen molar-refractivity contribution in [2.24, 2.45) is 11.8 Å². The van der Waals surface area contributed by atoms with Gasteiger partial charge >= 0.3 is 0 Å². The number of nitrogens with zero attached hydrogens (tertiary/aromatic N) is 1. The summed E-state index contributed by atoms with van der Waals surface area (Å²) >= 11 is 3.41. The number of halogens is 1. The number of sulfonamides is 1. The molecule has 2 atom stereocenters. The van der Waals surface area contributed by atoms with Crippen molar-refractivity contribution in [3.05, 3.63) is 22.7 Å². The van der Waals surface area contributed by atoms with E-state index < -0.39 is 10.0 Å². The minimum absolute atomic E-state index is 0.308. The van der Waals surface area contributed by atoms with E-state index in [0.717, 1.165) is 17.3 Å². The minimum atomic E-state index is -3.46. The van der Waals surface area contributed by atoms with Crippen LogP contribution in [0.4, 0.5) is 0 Å². The second-order valence-corrected chi connectivity index (χ2v) is 9.00. The van der Waals surface area contributed by atoms with Gasteiger partial charge in [-0.1, -0.05) is 20.8 Å². The molecule has 0 aromatic heterocycles. The zero-order chi connectivity index (χ0) is 16.3. The van der Waals surface area contributed by atoms with Crippen LogP contribution in [0.25, 0.3) is 0 Å². The smallest absolute Gasteiger partial charge is 0.243 e. The molecule has 0 spiro atoms. The largest absolute Gasteiger partial charge is 0.492 e. The zero-order valence-electron chi connectivity index (χ0n) is 13.4. The van der Waals surface area contributed by atoms with Crippen molar-refractivity contribution in [3.8, 4) is 5.75 Å². The molecule has 0 amide bonds. The predicted molar refractivity (Wildman–Crippen MR) is 91.6 cm³/mol. The van der Waals surface area contributed by atoms with Crippen LogP contribution >= 0.6 is 15.9 Å². The summed E-state index contributed by atoms with van der Waals surface area (Å²) in [6.45, 7) is 7.98.